The first-order chi connectivity index (χ1) is 19.9. The summed E-state index contributed by atoms with van der Waals surface area (Å²) in [4.78, 5) is 29.6. The van der Waals surface area contributed by atoms with Crippen LogP contribution in [0.3, 0.4) is 0 Å². The lowest BCUT2D eigenvalue weighted by molar-refractivity contribution is -0.134. The molecule has 1 atom stereocenters. The van der Waals surface area contributed by atoms with Crippen LogP contribution in [0.5, 0.6) is 0 Å². The summed E-state index contributed by atoms with van der Waals surface area (Å²) in [6, 6.07) is 8.71. The molecule has 1 aromatic carbocycles. The monoisotopic (exact) mass is 570 g/mol. The SMILES string of the molecule is CC.CCCCC(CC)C1(Cn2cncn2)CCN(C(=O)CCc2ccc(CC)cc2)CC1.CNCCC(=O)NC. The molecule has 0 saturated carbocycles. The number of hydrogen-bond donors (Lipinski definition) is 2. The lowest BCUT2D eigenvalue weighted by Crippen LogP contribution is -2.48. The topological polar surface area (TPSA) is 92.2 Å². The molecule has 0 spiro atoms. The van der Waals surface area contributed by atoms with Crippen LogP contribution in [-0.4, -0.2) is 65.2 Å². The fourth-order valence-electron chi connectivity index (χ4n) is 5.64. The van der Waals surface area contributed by atoms with E-state index in [0.29, 0.717) is 24.7 Å². The zero-order valence-electron chi connectivity index (χ0n) is 27.0. The highest BCUT2D eigenvalue weighted by molar-refractivity contribution is 5.76. The van der Waals surface area contributed by atoms with E-state index in [4.69, 9.17) is 0 Å². The standard InChI is InChI=1S/C26H40N4O.C5H12N2O.C2H6/c1-4-7-8-24(6-3)26(19-30-21-27-20-28-30)15-17-29(18-16-26)25(31)14-13-23-11-9-22(5-2)10-12-23;1-6-4-3-5(8)7-2;1-2/h9-12,20-21,24H,4-8,13-19H2,1-3H3;6H,3-4H2,1-2H3,(H,7,8);1-2H3. The number of rotatable bonds is 14. The molecule has 1 saturated heterocycles. The Labute approximate surface area is 250 Å². The Bertz CT molecular complexity index is 937. The fraction of sp³-hybridized carbons (Fsp3) is 0.697. The van der Waals surface area contributed by atoms with Gasteiger partial charge >= 0.3 is 0 Å². The number of likely N-dealkylation sites (tertiary alicyclic amines) is 1. The van der Waals surface area contributed by atoms with Crippen LogP contribution in [0.25, 0.3) is 0 Å². The summed E-state index contributed by atoms with van der Waals surface area (Å²) in [5.74, 6) is 1.06. The molecule has 8 nitrogen and oxygen atoms in total. The molecule has 2 aromatic rings. The predicted octanol–water partition coefficient (Wildman–Crippen LogP) is 5.67. The van der Waals surface area contributed by atoms with Crippen molar-refractivity contribution in [1.82, 2.24) is 30.3 Å². The highest BCUT2D eigenvalue weighted by atomic mass is 16.2. The normalized spacial score (nSPS) is 14.7. The molecule has 1 aromatic heterocycles. The number of benzene rings is 1. The molecule has 41 heavy (non-hydrogen) atoms. The molecule has 232 valence electrons. The summed E-state index contributed by atoms with van der Waals surface area (Å²) in [5, 5.41) is 9.80. The average Bonchev–Trinajstić information content (AvgIpc) is 3.53. The smallest absolute Gasteiger partial charge is 0.222 e. The van der Waals surface area contributed by atoms with E-state index in [1.807, 2.05) is 31.9 Å². The Morgan fingerprint density at radius 2 is 1.66 bits per heavy atom. The van der Waals surface area contributed by atoms with Gasteiger partial charge in [0.2, 0.25) is 11.8 Å². The number of aryl methyl sites for hydroxylation is 2. The fourth-order valence-corrected chi connectivity index (χ4v) is 5.64. The molecule has 1 aliphatic heterocycles. The van der Waals surface area contributed by atoms with Crippen LogP contribution in [0.4, 0.5) is 0 Å². The average molecular weight is 571 g/mol. The van der Waals surface area contributed by atoms with Crippen LogP contribution in [-0.2, 0) is 29.0 Å². The van der Waals surface area contributed by atoms with Gasteiger partial charge in [-0.15, -0.1) is 0 Å². The molecule has 1 aliphatic rings. The molecular formula is C33H58N6O2. The lowest BCUT2D eigenvalue weighted by atomic mass is 9.66. The van der Waals surface area contributed by atoms with E-state index >= 15 is 0 Å². The Morgan fingerprint density at radius 3 is 2.17 bits per heavy atom. The largest absolute Gasteiger partial charge is 0.359 e. The van der Waals surface area contributed by atoms with Crippen molar-refractivity contribution in [3.8, 4) is 0 Å². The second kappa shape index (κ2) is 21.0. The van der Waals surface area contributed by atoms with Gasteiger partial charge in [0, 0.05) is 46.1 Å². The second-order valence-electron chi connectivity index (χ2n) is 10.8. The third kappa shape index (κ3) is 12.8. The van der Waals surface area contributed by atoms with Crippen molar-refractivity contribution in [3.05, 3.63) is 48.0 Å². The summed E-state index contributed by atoms with van der Waals surface area (Å²) in [7, 11) is 3.46. The van der Waals surface area contributed by atoms with E-state index in [0.717, 1.165) is 51.9 Å². The minimum Gasteiger partial charge on any atom is -0.359 e. The van der Waals surface area contributed by atoms with E-state index in [-0.39, 0.29) is 11.3 Å². The Morgan fingerprint density at radius 1 is 1.00 bits per heavy atom. The van der Waals surface area contributed by atoms with Crippen molar-refractivity contribution in [2.45, 2.75) is 105 Å². The molecule has 8 heteroatoms. The molecule has 3 rings (SSSR count). The second-order valence-corrected chi connectivity index (χ2v) is 10.8. The van der Waals surface area contributed by atoms with Gasteiger partial charge in [-0.3, -0.25) is 14.3 Å². The molecule has 2 heterocycles. The molecule has 2 amide bonds. The van der Waals surface area contributed by atoms with Crippen molar-refractivity contribution < 1.29 is 9.59 Å². The Kier molecular flexibility index (Phi) is 18.6. The number of nitrogens with one attached hydrogen (secondary N) is 2. The number of hydrogen-bond acceptors (Lipinski definition) is 5. The van der Waals surface area contributed by atoms with Crippen LogP contribution in [0.15, 0.2) is 36.9 Å². The molecule has 1 unspecified atom stereocenters. The summed E-state index contributed by atoms with van der Waals surface area (Å²) >= 11 is 0. The van der Waals surface area contributed by atoms with Crippen molar-refractivity contribution in [1.29, 1.82) is 0 Å². The van der Waals surface area contributed by atoms with Crippen molar-refractivity contribution in [2.24, 2.45) is 11.3 Å². The number of carbonyl (C=O) groups excluding carboxylic acids is 2. The zero-order valence-corrected chi connectivity index (χ0v) is 27.0. The van der Waals surface area contributed by atoms with E-state index in [1.54, 1.807) is 13.4 Å². The molecule has 0 radical (unpaired) electrons. The van der Waals surface area contributed by atoms with E-state index in [2.05, 4.69) is 70.7 Å². The highest BCUT2D eigenvalue weighted by Gasteiger charge is 2.41. The van der Waals surface area contributed by atoms with Gasteiger partial charge in [-0.05, 0) is 61.6 Å². The van der Waals surface area contributed by atoms with Gasteiger partial charge in [-0.25, -0.2) is 4.98 Å². The number of aromatic nitrogens is 3. The molecule has 1 fully saturated rings. The summed E-state index contributed by atoms with van der Waals surface area (Å²) < 4.78 is 2.01. The Hall–Kier alpha value is -2.74. The van der Waals surface area contributed by atoms with E-state index < -0.39 is 0 Å². The van der Waals surface area contributed by atoms with Gasteiger partial charge in [0.15, 0.2) is 0 Å². The third-order valence-electron chi connectivity index (χ3n) is 8.26. The Balaban J connectivity index is 0.000000725. The first-order valence-corrected chi connectivity index (χ1v) is 15.9. The number of carbonyl (C=O) groups is 2. The van der Waals surface area contributed by atoms with Gasteiger partial charge in [-0.2, -0.15) is 5.10 Å². The quantitative estimate of drug-likeness (QED) is 0.306. The summed E-state index contributed by atoms with van der Waals surface area (Å²) in [5.41, 5.74) is 2.82. The number of nitrogens with zero attached hydrogens (tertiary/aromatic N) is 4. The first kappa shape index (κ1) is 36.3. The minimum absolute atomic E-state index is 0.0827. The number of piperidine rings is 1. The van der Waals surface area contributed by atoms with Gasteiger partial charge < -0.3 is 15.5 Å². The summed E-state index contributed by atoms with van der Waals surface area (Å²) in [6.45, 7) is 14.2. The van der Waals surface area contributed by atoms with Gasteiger partial charge in [0.25, 0.3) is 0 Å². The first-order valence-electron chi connectivity index (χ1n) is 15.9. The maximum Gasteiger partial charge on any atom is 0.222 e. The van der Waals surface area contributed by atoms with Gasteiger partial charge in [0.1, 0.15) is 12.7 Å². The maximum absolute atomic E-state index is 12.9. The minimum atomic E-state index is 0.0827. The zero-order chi connectivity index (χ0) is 30.5. The molecule has 0 bridgehead atoms. The molecular weight excluding hydrogens is 512 g/mol. The maximum atomic E-state index is 12.9. The van der Waals surface area contributed by atoms with E-state index in [1.165, 1.54) is 36.8 Å². The van der Waals surface area contributed by atoms with Crippen molar-refractivity contribution >= 4 is 11.8 Å². The van der Waals surface area contributed by atoms with Gasteiger partial charge in [-0.1, -0.05) is 78.1 Å². The lowest BCUT2D eigenvalue weighted by Gasteiger charge is -2.46. The van der Waals surface area contributed by atoms with Crippen molar-refractivity contribution in [3.63, 3.8) is 0 Å². The number of unbranched alkanes of at least 4 members (excludes halogenated alkanes) is 1. The predicted molar refractivity (Wildman–Crippen MR) is 170 cm³/mol. The van der Waals surface area contributed by atoms with E-state index in [9.17, 15) is 9.59 Å². The van der Waals surface area contributed by atoms with Crippen LogP contribution in [0, 0.1) is 11.3 Å². The van der Waals surface area contributed by atoms with Crippen LogP contribution >= 0.6 is 0 Å². The van der Waals surface area contributed by atoms with Crippen molar-refractivity contribution in [2.75, 3.05) is 33.7 Å². The van der Waals surface area contributed by atoms with Crippen LogP contribution in [0.2, 0.25) is 0 Å². The molecule has 0 aliphatic carbocycles. The van der Waals surface area contributed by atoms with Crippen LogP contribution < -0.4 is 10.6 Å². The third-order valence-corrected chi connectivity index (χ3v) is 8.26. The van der Waals surface area contributed by atoms with Crippen LogP contribution in [0.1, 0.15) is 97.1 Å². The highest BCUT2D eigenvalue weighted by Crippen LogP contribution is 2.44. The van der Waals surface area contributed by atoms with Gasteiger partial charge in [0.05, 0.1) is 0 Å². The number of amides is 2. The molecule has 2 N–H and O–H groups in total. The summed E-state index contributed by atoms with van der Waals surface area (Å²) in [6.07, 6.45) is 13.6.